The molecule has 6 nitrogen and oxygen atoms in total. The topological polar surface area (TPSA) is 65.4 Å². The van der Waals surface area contributed by atoms with Crippen LogP contribution in [0.5, 0.6) is 5.75 Å². The molecule has 6 heteroatoms. The molecule has 186 valence electrons. The highest BCUT2D eigenvalue weighted by atomic mass is 16.5. The van der Waals surface area contributed by atoms with E-state index in [0.717, 1.165) is 31.5 Å². The van der Waals surface area contributed by atoms with Gasteiger partial charge in [0, 0.05) is 19.2 Å². The molecule has 0 aromatic heterocycles. The number of fused-ring (bicyclic) bond motifs is 1. The molecule has 36 heavy (non-hydrogen) atoms. The van der Waals surface area contributed by atoms with Gasteiger partial charge in [-0.2, -0.15) is 0 Å². The molecule has 0 aliphatic carbocycles. The second kappa shape index (κ2) is 10.6. The molecular weight excluding hydrogens is 450 g/mol. The summed E-state index contributed by atoms with van der Waals surface area (Å²) >= 11 is 0. The van der Waals surface area contributed by atoms with Crippen LogP contribution in [0.15, 0.2) is 77.4 Å². The number of piperidine rings is 1. The summed E-state index contributed by atoms with van der Waals surface area (Å²) in [6, 6.07) is 22.9. The summed E-state index contributed by atoms with van der Waals surface area (Å²) in [5.41, 5.74) is 2.58. The van der Waals surface area contributed by atoms with Crippen molar-refractivity contribution < 1.29 is 14.6 Å². The summed E-state index contributed by atoms with van der Waals surface area (Å²) in [6.45, 7) is 4.51. The molecule has 0 spiro atoms. The first-order valence-electron chi connectivity index (χ1n) is 12.6. The van der Waals surface area contributed by atoms with E-state index in [4.69, 9.17) is 4.74 Å². The average Bonchev–Trinajstić information content (AvgIpc) is 3.14. The van der Waals surface area contributed by atoms with Gasteiger partial charge in [0.1, 0.15) is 30.0 Å². The van der Waals surface area contributed by atoms with Crippen molar-refractivity contribution in [2.75, 3.05) is 33.3 Å². The quantitative estimate of drug-likeness (QED) is 0.495. The molecule has 5 rings (SSSR count). The van der Waals surface area contributed by atoms with Crippen LogP contribution < -0.4 is 4.74 Å². The van der Waals surface area contributed by atoms with Gasteiger partial charge in [-0.3, -0.25) is 9.69 Å². The Hall–Kier alpha value is -3.48. The van der Waals surface area contributed by atoms with Crippen LogP contribution >= 0.6 is 0 Å². The van der Waals surface area contributed by atoms with Gasteiger partial charge in [0.15, 0.2) is 0 Å². The summed E-state index contributed by atoms with van der Waals surface area (Å²) in [5, 5.41) is 13.3. The van der Waals surface area contributed by atoms with Gasteiger partial charge < -0.3 is 14.7 Å². The number of benzene rings is 3. The van der Waals surface area contributed by atoms with Crippen molar-refractivity contribution in [1.29, 1.82) is 0 Å². The first-order valence-corrected chi connectivity index (χ1v) is 12.6. The third-order valence-electron chi connectivity index (χ3n) is 7.24. The molecule has 0 saturated carbocycles. The number of amidine groups is 1. The van der Waals surface area contributed by atoms with E-state index in [1.807, 2.05) is 31.2 Å². The van der Waals surface area contributed by atoms with Crippen LogP contribution in [0.3, 0.4) is 0 Å². The Bertz CT molecular complexity index is 1310. The van der Waals surface area contributed by atoms with E-state index in [0.29, 0.717) is 29.7 Å². The van der Waals surface area contributed by atoms with E-state index in [-0.39, 0.29) is 12.5 Å². The van der Waals surface area contributed by atoms with E-state index in [1.165, 1.54) is 21.2 Å². The Balaban J connectivity index is 1.14. The lowest BCUT2D eigenvalue weighted by atomic mass is 9.88. The van der Waals surface area contributed by atoms with Crippen molar-refractivity contribution in [3.8, 4) is 5.75 Å². The van der Waals surface area contributed by atoms with Crippen LogP contribution in [0, 0.1) is 0 Å². The number of para-hydroxylation sites is 1. The summed E-state index contributed by atoms with van der Waals surface area (Å²) in [5.74, 6) is 1.73. The number of hydrogen-bond donors (Lipinski definition) is 1. The number of aliphatic imine (C=N–C) groups is 1. The van der Waals surface area contributed by atoms with Crippen LogP contribution in [0.2, 0.25) is 0 Å². The van der Waals surface area contributed by atoms with Crippen molar-refractivity contribution in [2.24, 2.45) is 4.99 Å². The van der Waals surface area contributed by atoms with Crippen molar-refractivity contribution in [3.63, 3.8) is 0 Å². The smallest absolute Gasteiger partial charge is 0.277 e. The highest BCUT2D eigenvalue weighted by molar-refractivity contribution is 6.13. The van der Waals surface area contributed by atoms with Gasteiger partial charge in [-0.05, 0) is 67.3 Å². The van der Waals surface area contributed by atoms with E-state index >= 15 is 0 Å². The SMILES string of the molecule is CC1=N/C(=C\c2ccccc2OCC(O)CN2CCC(c3ccc4ccccc4c3)CC2)C(=O)N1C. The second-order valence-corrected chi connectivity index (χ2v) is 9.74. The number of carbonyl (C=O) groups excluding carboxylic acids is 1. The zero-order valence-corrected chi connectivity index (χ0v) is 20.9. The molecule has 1 N–H and O–H groups in total. The minimum atomic E-state index is -0.595. The fraction of sp³-hybridized carbons (Fsp3) is 0.333. The molecule has 1 saturated heterocycles. The third kappa shape index (κ3) is 5.35. The molecule has 0 radical (unpaired) electrons. The monoisotopic (exact) mass is 483 g/mol. The molecular formula is C30H33N3O3. The number of hydrogen-bond acceptors (Lipinski definition) is 5. The highest BCUT2D eigenvalue weighted by Crippen LogP contribution is 2.30. The maximum atomic E-state index is 12.3. The van der Waals surface area contributed by atoms with Crippen LogP contribution in [-0.4, -0.2) is 66.0 Å². The molecule has 2 heterocycles. The average molecular weight is 484 g/mol. The number of aliphatic hydroxyl groups excluding tert-OH is 1. The van der Waals surface area contributed by atoms with Crippen molar-refractivity contribution >= 4 is 28.6 Å². The Morgan fingerprint density at radius 3 is 2.53 bits per heavy atom. The molecule has 1 unspecified atom stereocenters. The van der Waals surface area contributed by atoms with Gasteiger partial charge in [0.25, 0.3) is 5.91 Å². The minimum absolute atomic E-state index is 0.130. The van der Waals surface area contributed by atoms with E-state index in [9.17, 15) is 9.90 Å². The fourth-order valence-corrected chi connectivity index (χ4v) is 5.04. The zero-order valence-electron chi connectivity index (χ0n) is 20.9. The van der Waals surface area contributed by atoms with Crippen LogP contribution in [0.4, 0.5) is 0 Å². The summed E-state index contributed by atoms with van der Waals surface area (Å²) in [4.78, 5) is 20.5. The predicted molar refractivity (Wildman–Crippen MR) is 144 cm³/mol. The number of carbonyl (C=O) groups is 1. The van der Waals surface area contributed by atoms with Crippen molar-refractivity contribution in [1.82, 2.24) is 9.80 Å². The maximum Gasteiger partial charge on any atom is 0.277 e. The van der Waals surface area contributed by atoms with Gasteiger partial charge in [-0.15, -0.1) is 0 Å². The molecule has 1 atom stereocenters. The van der Waals surface area contributed by atoms with Gasteiger partial charge in [0.2, 0.25) is 0 Å². The molecule has 2 aliphatic rings. The number of amides is 1. The Morgan fingerprint density at radius 2 is 1.78 bits per heavy atom. The number of rotatable bonds is 7. The maximum absolute atomic E-state index is 12.3. The summed E-state index contributed by atoms with van der Waals surface area (Å²) in [6.07, 6.45) is 3.33. The zero-order chi connectivity index (χ0) is 25.1. The third-order valence-corrected chi connectivity index (χ3v) is 7.24. The minimum Gasteiger partial charge on any atom is -0.490 e. The predicted octanol–water partition coefficient (Wildman–Crippen LogP) is 4.69. The molecule has 2 aliphatic heterocycles. The van der Waals surface area contributed by atoms with Gasteiger partial charge in [0.05, 0.1) is 0 Å². The van der Waals surface area contributed by atoms with Crippen LogP contribution in [0.25, 0.3) is 16.8 Å². The largest absolute Gasteiger partial charge is 0.490 e. The highest BCUT2D eigenvalue weighted by Gasteiger charge is 2.25. The van der Waals surface area contributed by atoms with Gasteiger partial charge >= 0.3 is 0 Å². The van der Waals surface area contributed by atoms with Crippen LogP contribution in [-0.2, 0) is 4.79 Å². The molecule has 1 amide bonds. The molecule has 3 aromatic rings. The number of aliphatic hydroxyl groups is 1. The number of β-amino-alcohol motifs (C(OH)–C–C–N with tert-alkyl or cyclic N) is 1. The van der Waals surface area contributed by atoms with Gasteiger partial charge in [-0.25, -0.2) is 4.99 Å². The van der Waals surface area contributed by atoms with Gasteiger partial charge in [-0.1, -0.05) is 60.7 Å². The van der Waals surface area contributed by atoms with Crippen LogP contribution in [0.1, 0.15) is 36.8 Å². The first kappa shape index (κ1) is 24.2. The molecule has 1 fully saturated rings. The number of ether oxygens (including phenoxy) is 1. The number of nitrogens with zero attached hydrogens (tertiary/aromatic N) is 3. The summed E-state index contributed by atoms with van der Waals surface area (Å²) in [7, 11) is 1.71. The lowest BCUT2D eigenvalue weighted by Crippen LogP contribution is -2.40. The van der Waals surface area contributed by atoms with E-state index < -0.39 is 6.10 Å². The molecule has 3 aromatic carbocycles. The Labute approximate surface area is 212 Å². The summed E-state index contributed by atoms with van der Waals surface area (Å²) < 4.78 is 5.98. The van der Waals surface area contributed by atoms with Crippen molar-refractivity contribution in [2.45, 2.75) is 31.8 Å². The van der Waals surface area contributed by atoms with Crippen molar-refractivity contribution in [3.05, 3.63) is 83.6 Å². The lowest BCUT2D eigenvalue weighted by Gasteiger charge is -2.33. The first-order chi connectivity index (χ1) is 17.5. The Morgan fingerprint density at radius 1 is 1.06 bits per heavy atom. The lowest BCUT2D eigenvalue weighted by molar-refractivity contribution is -0.121. The second-order valence-electron chi connectivity index (χ2n) is 9.74. The molecule has 0 bridgehead atoms. The normalized spacial score (nSPS) is 19.2. The van der Waals surface area contributed by atoms with E-state index in [1.54, 1.807) is 13.1 Å². The number of likely N-dealkylation sites (tertiary alicyclic amines) is 1. The Kier molecular flexibility index (Phi) is 7.16. The fourth-order valence-electron chi connectivity index (χ4n) is 5.04. The van der Waals surface area contributed by atoms with E-state index in [2.05, 4.69) is 52.4 Å². The standard InChI is InChI=1S/C30H33N3O3/c1-21-31-28(30(35)32(21)2)18-26-9-5-6-10-29(26)36-20-27(34)19-33-15-13-23(14-16-33)25-12-11-22-7-3-4-8-24(22)17-25/h3-12,17-18,23,27,34H,13-16,19-20H2,1-2H3/b28-18-. The number of likely N-dealkylation sites (N-methyl/N-ethyl adjacent to an activating group) is 1.